The van der Waals surface area contributed by atoms with Gasteiger partial charge in [-0.1, -0.05) is 36.1 Å². The number of fused-ring (bicyclic) bond motifs is 1. The van der Waals surface area contributed by atoms with E-state index in [4.69, 9.17) is 18.9 Å². The van der Waals surface area contributed by atoms with E-state index in [1.165, 1.54) is 11.3 Å². The average Bonchev–Trinajstić information content (AvgIpc) is 3.21. The SMILES string of the molecule is C=CCOc1ccc([C@H]2C(C(=O)OCC)=C(C)N=c3s/c(=C\c4ccc(OC)cc4OC)c(=O)n32)cc1. The molecule has 4 rings (SSSR count). The van der Waals surface area contributed by atoms with Crippen LogP contribution in [0.2, 0.25) is 0 Å². The Morgan fingerprint density at radius 2 is 1.86 bits per heavy atom. The highest BCUT2D eigenvalue weighted by atomic mass is 32.1. The summed E-state index contributed by atoms with van der Waals surface area (Å²) in [7, 11) is 3.14. The first-order chi connectivity index (χ1) is 17.9. The van der Waals surface area contributed by atoms with Crippen LogP contribution < -0.4 is 29.1 Å². The molecule has 0 saturated heterocycles. The maximum atomic E-state index is 13.8. The van der Waals surface area contributed by atoms with Crippen LogP contribution in [-0.2, 0) is 9.53 Å². The number of allylic oxidation sites excluding steroid dienone is 1. The normalized spacial score (nSPS) is 15.0. The van der Waals surface area contributed by atoms with Gasteiger partial charge in [0, 0.05) is 11.6 Å². The molecule has 192 valence electrons. The van der Waals surface area contributed by atoms with Crippen LogP contribution in [0.15, 0.2) is 76.2 Å². The Labute approximate surface area is 218 Å². The number of nitrogens with zero attached hydrogens (tertiary/aromatic N) is 2. The van der Waals surface area contributed by atoms with Crippen LogP contribution in [0.3, 0.4) is 0 Å². The van der Waals surface area contributed by atoms with E-state index in [1.54, 1.807) is 69.1 Å². The molecule has 0 radical (unpaired) electrons. The summed E-state index contributed by atoms with van der Waals surface area (Å²) in [5.41, 5.74) is 2.01. The zero-order valence-electron chi connectivity index (χ0n) is 21.1. The highest BCUT2D eigenvalue weighted by Gasteiger charge is 2.33. The predicted octanol–water partition coefficient (Wildman–Crippen LogP) is 3.38. The van der Waals surface area contributed by atoms with Gasteiger partial charge in [0.25, 0.3) is 5.56 Å². The van der Waals surface area contributed by atoms with E-state index in [-0.39, 0.29) is 12.2 Å². The molecule has 8 nitrogen and oxygen atoms in total. The van der Waals surface area contributed by atoms with Gasteiger partial charge in [-0.05, 0) is 49.8 Å². The molecule has 0 bridgehead atoms. The number of methoxy groups -OCH3 is 2. The fourth-order valence-corrected chi connectivity index (χ4v) is 5.12. The summed E-state index contributed by atoms with van der Waals surface area (Å²) in [4.78, 5) is 31.9. The smallest absolute Gasteiger partial charge is 0.338 e. The van der Waals surface area contributed by atoms with Gasteiger partial charge in [-0.3, -0.25) is 9.36 Å². The van der Waals surface area contributed by atoms with Crippen molar-refractivity contribution in [1.82, 2.24) is 4.57 Å². The van der Waals surface area contributed by atoms with Crippen LogP contribution in [0.1, 0.15) is 31.0 Å². The number of benzene rings is 2. The van der Waals surface area contributed by atoms with Crippen molar-refractivity contribution in [3.05, 3.63) is 97.2 Å². The zero-order valence-corrected chi connectivity index (χ0v) is 22.0. The number of ether oxygens (including phenoxy) is 4. The summed E-state index contributed by atoms with van der Waals surface area (Å²) < 4.78 is 23.7. The lowest BCUT2D eigenvalue weighted by molar-refractivity contribution is -0.139. The van der Waals surface area contributed by atoms with E-state index >= 15 is 0 Å². The van der Waals surface area contributed by atoms with Crippen molar-refractivity contribution in [2.24, 2.45) is 4.99 Å². The molecule has 1 aliphatic heterocycles. The Hall–Kier alpha value is -4.11. The molecule has 1 aromatic heterocycles. The molecule has 0 aliphatic carbocycles. The molecule has 0 saturated carbocycles. The molecule has 2 heterocycles. The molecule has 3 aromatic rings. The molecule has 9 heteroatoms. The Kier molecular flexibility index (Phi) is 7.93. The van der Waals surface area contributed by atoms with Gasteiger partial charge in [-0.15, -0.1) is 0 Å². The average molecular weight is 521 g/mol. The van der Waals surface area contributed by atoms with E-state index in [9.17, 15) is 9.59 Å². The van der Waals surface area contributed by atoms with Crippen LogP contribution in [0, 0.1) is 0 Å². The fourth-order valence-electron chi connectivity index (χ4n) is 4.09. The second-order valence-corrected chi connectivity index (χ2v) is 9.09. The molecule has 0 spiro atoms. The number of aromatic nitrogens is 1. The standard InChI is InChI=1S/C28H28N2O6S/c1-6-14-36-20-11-8-18(9-12-20)25-24(27(32)35-7-2)17(3)29-28-30(25)26(31)23(37-28)15-19-10-13-21(33-4)16-22(19)34-5/h6,8-13,15-16,25H,1,7,14H2,2-5H3/b23-15-/t25-/m0/s1. The van der Waals surface area contributed by atoms with Crippen molar-refractivity contribution in [2.45, 2.75) is 19.9 Å². The molecular weight excluding hydrogens is 492 g/mol. The number of rotatable bonds is 9. The quantitative estimate of drug-likeness (QED) is 0.318. The van der Waals surface area contributed by atoms with Crippen molar-refractivity contribution < 1.29 is 23.7 Å². The van der Waals surface area contributed by atoms with Crippen molar-refractivity contribution >= 4 is 23.4 Å². The van der Waals surface area contributed by atoms with Gasteiger partial charge in [0.05, 0.1) is 42.7 Å². The first kappa shape index (κ1) is 26.0. The minimum Gasteiger partial charge on any atom is -0.497 e. The second-order valence-electron chi connectivity index (χ2n) is 8.08. The summed E-state index contributed by atoms with van der Waals surface area (Å²) >= 11 is 1.25. The minimum absolute atomic E-state index is 0.207. The van der Waals surface area contributed by atoms with Crippen LogP contribution in [-0.4, -0.2) is 38.0 Å². The highest BCUT2D eigenvalue weighted by Crippen LogP contribution is 2.32. The lowest BCUT2D eigenvalue weighted by Crippen LogP contribution is -2.39. The number of carbonyl (C=O) groups is 1. The lowest BCUT2D eigenvalue weighted by atomic mass is 9.96. The van der Waals surface area contributed by atoms with Gasteiger partial charge < -0.3 is 18.9 Å². The van der Waals surface area contributed by atoms with Gasteiger partial charge in [-0.2, -0.15) is 0 Å². The monoisotopic (exact) mass is 520 g/mol. The molecule has 1 atom stereocenters. The minimum atomic E-state index is -0.705. The fraction of sp³-hybridized carbons (Fsp3) is 0.250. The van der Waals surface area contributed by atoms with Gasteiger partial charge in [0.2, 0.25) is 0 Å². The summed E-state index contributed by atoms with van der Waals surface area (Å²) in [6.45, 7) is 7.74. The third-order valence-corrected chi connectivity index (χ3v) is 6.79. The third-order valence-electron chi connectivity index (χ3n) is 5.81. The van der Waals surface area contributed by atoms with Gasteiger partial charge in [0.15, 0.2) is 4.80 Å². The number of esters is 1. The predicted molar refractivity (Wildman–Crippen MR) is 142 cm³/mol. The second kappa shape index (κ2) is 11.3. The maximum absolute atomic E-state index is 13.8. The molecule has 37 heavy (non-hydrogen) atoms. The van der Waals surface area contributed by atoms with Crippen molar-refractivity contribution in [1.29, 1.82) is 0 Å². The van der Waals surface area contributed by atoms with Gasteiger partial charge >= 0.3 is 5.97 Å². The Morgan fingerprint density at radius 3 is 2.51 bits per heavy atom. The molecule has 0 unspecified atom stereocenters. The topological polar surface area (TPSA) is 88.4 Å². The molecular formula is C28H28N2O6S. The maximum Gasteiger partial charge on any atom is 0.338 e. The van der Waals surface area contributed by atoms with E-state index in [0.29, 0.717) is 44.5 Å². The Balaban J connectivity index is 1.89. The van der Waals surface area contributed by atoms with Crippen molar-refractivity contribution in [2.75, 3.05) is 27.4 Å². The zero-order chi connectivity index (χ0) is 26.5. The molecule has 0 fully saturated rings. The molecule has 0 N–H and O–H groups in total. The first-order valence-corrected chi connectivity index (χ1v) is 12.5. The number of hydrogen-bond donors (Lipinski definition) is 0. The van der Waals surface area contributed by atoms with Gasteiger partial charge in [-0.25, -0.2) is 9.79 Å². The Bertz CT molecular complexity index is 1530. The van der Waals surface area contributed by atoms with E-state index in [0.717, 1.165) is 11.1 Å². The van der Waals surface area contributed by atoms with Crippen LogP contribution in [0.5, 0.6) is 17.2 Å². The Morgan fingerprint density at radius 1 is 1.14 bits per heavy atom. The summed E-state index contributed by atoms with van der Waals surface area (Å²) in [5.74, 6) is 1.36. The number of carbonyl (C=O) groups excluding carboxylic acids is 1. The van der Waals surface area contributed by atoms with Crippen molar-refractivity contribution in [3.8, 4) is 17.2 Å². The molecule has 0 amide bonds. The van der Waals surface area contributed by atoms with E-state index in [2.05, 4.69) is 11.6 Å². The molecule has 1 aliphatic rings. The van der Waals surface area contributed by atoms with Crippen LogP contribution in [0.25, 0.3) is 6.08 Å². The van der Waals surface area contributed by atoms with Crippen molar-refractivity contribution in [3.63, 3.8) is 0 Å². The first-order valence-electron chi connectivity index (χ1n) is 11.7. The number of thiazole rings is 1. The third kappa shape index (κ3) is 5.22. The van der Waals surface area contributed by atoms with E-state index < -0.39 is 12.0 Å². The summed E-state index contributed by atoms with van der Waals surface area (Å²) in [6.07, 6.45) is 3.42. The largest absolute Gasteiger partial charge is 0.497 e. The van der Waals surface area contributed by atoms with Crippen LogP contribution >= 0.6 is 11.3 Å². The van der Waals surface area contributed by atoms with E-state index in [1.807, 2.05) is 18.2 Å². The number of hydrogen-bond acceptors (Lipinski definition) is 8. The molecule has 2 aromatic carbocycles. The highest BCUT2D eigenvalue weighted by molar-refractivity contribution is 7.07. The summed E-state index contributed by atoms with van der Waals surface area (Å²) in [5, 5.41) is 0. The van der Waals surface area contributed by atoms with Gasteiger partial charge in [0.1, 0.15) is 23.9 Å². The lowest BCUT2D eigenvalue weighted by Gasteiger charge is -2.24. The van der Waals surface area contributed by atoms with Crippen LogP contribution in [0.4, 0.5) is 0 Å². The summed E-state index contributed by atoms with van der Waals surface area (Å²) in [6, 6.07) is 11.9.